The molecule has 2 heterocycles. The zero-order valence-electron chi connectivity index (χ0n) is 25.3. The number of rotatable bonds is 12. The van der Waals surface area contributed by atoms with Gasteiger partial charge in [0.1, 0.15) is 15.7 Å². The fourth-order valence-corrected chi connectivity index (χ4v) is 6.25. The molecule has 0 radical (unpaired) electrons. The number of thioether (sulfide) groups is 1. The van der Waals surface area contributed by atoms with Crippen molar-refractivity contribution >= 4 is 51.9 Å². The number of amides is 2. The van der Waals surface area contributed by atoms with E-state index in [1.807, 2.05) is 31.2 Å². The third-order valence-electron chi connectivity index (χ3n) is 6.43. The van der Waals surface area contributed by atoms with Crippen molar-refractivity contribution in [3.63, 3.8) is 0 Å². The fraction of sp³-hybridized carbons (Fsp3) is 0.290. The number of carbonyl (C=O) groups excluding carboxylic acids is 4. The molecular formula is C31H32FN5O6S2. The monoisotopic (exact) mass is 653 g/mol. The van der Waals surface area contributed by atoms with Crippen LogP contribution in [0.2, 0.25) is 0 Å². The van der Waals surface area contributed by atoms with E-state index in [9.17, 15) is 23.6 Å². The maximum atomic E-state index is 13.6. The summed E-state index contributed by atoms with van der Waals surface area (Å²) in [7, 11) is 0. The van der Waals surface area contributed by atoms with Gasteiger partial charge in [0.05, 0.1) is 30.6 Å². The maximum Gasteiger partial charge on any atom is 0.348 e. The number of nitrogens with one attached hydrogen (secondary N) is 2. The van der Waals surface area contributed by atoms with Crippen molar-refractivity contribution in [2.24, 2.45) is 0 Å². The third-order valence-corrected chi connectivity index (χ3v) is 8.66. The standard InChI is InChI=1S/C31H32FN5O6S2/c1-6-42-29(40)24-18(4)25(30(41)43-7-2)45-28(24)34-26(38)19(5)44-31-36-35-23(37(31)22-13-8-10-17(3)14-22)16-33-27(39)20-11-9-12-21(32)15-20/h8-15,19H,6-7,16H2,1-5H3,(H,33,39)(H,34,38). The first-order valence-electron chi connectivity index (χ1n) is 14.0. The van der Waals surface area contributed by atoms with Crippen molar-refractivity contribution in [1.82, 2.24) is 20.1 Å². The van der Waals surface area contributed by atoms with Crippen LogP contribution in [0.3, 0.4) is 0 Å². The van der Waals surface area contributed by atoms with Crippen LogP contribution in [0, 0.1) is 19.7 Å². The zero-order valence-corrected chi connectivity index (χ0v) is 26.9. The predicted molar refractivity (Wildman–Crippen MR) is 169 cm³/mol. The number of esters is 2. The maximum absolute atomic E-state index is 13.6. The normalized spacial score (nSPS) is 11.5. The lowest BCUT2D eigenvalue weighted by molar-refractivity contribution is -0.115. The average Bonchev–Trinajstić information content (AvgIpc) is 3.55. The van der Waals surface area contributed by atoms with E-state index in [1.165, 1.54) is 18.2 Å². The number of aromatic nitrogens is 3. The van der Waals surface area contributed by atoms with Crippen molar-refractivity contribution < 1.29 is 33.0 Å². The summed E-state index contributed by atoms with van der Waals surface area (Å²) in [6.45, 7) is 8.77. The van der Waals surface area contributed by atoms with Gasteiger partial charge in [0.25, 0.3) is 5.91 Å². The Morgan fingerprint density at radius 2 is 1.71 bits per heavy atom. The second-order valence-electron chi connectivity index (χ2n) is 9.72. The van der Waals surface area contributed by atoms with Crippen LogP contribution in [0.4, 0.5) is 9.39 Å². The quantitative estimate of drug-likeness (QED) is 0.150. The molecule has 0 aliphatic rings. The third kappa shape index (κ3) is 7.94. The molecule has 14 heteroatoms. The molecule has 0 bridgehead atoms. The Bertz CT molecular complexity index is 1740. The molecule has 0 aliphatic carbocycles. The van der Waals surface area contributed by atoms with Crippen LogP contribution >= 0.6 is 23.1 Å². The lowest BCUT2D eigenvalue weighted by Crippen LogP contribution is -2.25. The highest BCUT2D eigenvalue weighted by Crippen LogP contribution is 2.35. The Kier molecular flexibility index (Phi) is 11.1. The van der Waals surface area contributed by atoms with Crippen molar-refractivity contribution in [2.45, 2.75) is 51.6 Å². The highest BCUT2D eigenvalue weighted by Gasteiger charge is 2.29. The molecule has 4 rings (SSSR count). The summed E-state index contributed by atoms with van der Waals surface area (Å²) in [5, 5.41) is 13.9. The number of halogens is 1. The van der Waals surface area contributed by atoms with Crippen LogP contribution in [0.5, 0.6) is 0 Å². The number of hydrogen-bond donors (Lipinski definition) is 2. The van der Waals surface area contributed by atoms with Gasteiger partial charge in [0.15, 0.2) is 11.0 Å². The van der Waals surface area contributed by atoms with E-state index in [4.69, 9.17) is 9.47 Å². The topological polar surface area (TPSA) is 142 Å². The van der Waals surface area contributed by atoms with Crippen LogP contribution in [0.25, 0.3) is 5.69 Å². The van der Waals surface area contributed by atoms with E-state index < -0.39 is 34.8 Å². The van der Waals surface area contributed by atoms with Crippen LogP contribution < -0.4 is 10.6 Å². The van der Waals surface area contributed by atoms with Gasteiger partial charge in [-0.05, 0) is 76.1 Å². The number of thiophene rings is 1. The van der Waals surface area contributed by atoms with E-state index in [0.717, 1.165) is 34.7 Å². The molecule has 11 nitrogen and oxygen atoms in total. The van der Waals surface area contributed by atoms with Gasteiger partial charge in [-0.1, -0.05) is 30.0 Å². The zero-order chi connectivity index (χ0) is 32.7. The molecule has 236 valence electrons. The first kappa shape index (κ1) is 33.3. The minimum atomic E-state index is -0.740. The Morgan fingerprint density at radius 1 is 1.00 bits per heavy atom. The number of hydrogen-bond acceptors (Lipinski definition) is 10. The molecule has 2 aromatic heterocycles. The Labute approximate surface area is 267 Å². The van der Waals surface area contributed by atoms with Crippen LogP contribution in [0.1, 0.15) is 68.1 Å². The molecule has 0 aliphatic heterocycles. The molecule has 2 amide bonds. The summed E-state index contributed by atoms with van der Waals surface area (Å²) in [6, 6.07) is 12.9. The molecule has 45 heavy (non-hydrogen) atoms. The van der Waals surface area contributed by atoms with E-state index in [2.05, 4.69) is 20.8 Å². The van der Waals surface area contributed by atoms with E-state index in [-0.39, 0.29) is 40.8 Å². The number of carbonyl (C=O) groups is 4. The first-order valence-corrected chi connectivity index (χ1v) is 15.7. The van der Waals surface area contributed by atoms with E-state index >= 15 is 0 Å². The summed E-state index contributed by atoms with van der Waals surface area (Å²) >= 11 is 2.05. The molecule has 2 N–H and O–H groups in total. The van der Waals surface area contributed by atoms with E-state index in [1.54, 1.807) is 32.3 Å². The van der Waals surface area contributed by atoms with Crippen molar-refractivity contribution in [2.75, 3.05) is 18.5 Å². The van der Waals surface area contributed by atoms with Crippen LogP contribution in [-0.2, 0) is 20.8 Å². The molecule has 2 aromatic carbocycles. The average molecular weight is 654 g/mol. The molecule has 0 fully saturated rings. The number of aryl methyl sites for hydroxylation is 1. The first-order chi connectivity index (χ1) is 21.5. The molecule has 0 spiro atoms. The summed E-state index contributed by atoms with van der Waals surface area (Å²) in [5.41, 5.74) is 2.29. The minimum absolute atomic E-state index is 0.0224. The molecule has 4 aromatic rings. The van der Waals surface area contributed by atoms with Gasteiger partial charge in [-0.3, -0.25) is 14.2 Å². The summed E-state index contributed by atoms with van der Waals surface area (Å²) < 4.78 is 25.7. The van der Waals surface area contributed by atoms with Crippen molar-refractivity contribution in [3.8, 4) is 5.69 Å². The Hall–Kier alpha value is -4.56. The molecular weight excluding hydrogens is 622 g/mol. The number of anilines is 1. The van der Waals surface area contributed by atoms with Crippen molar-refractivity contribution in [1.29, 1.82) is 0 Å². The van der Waals surface area contributed by atoms with Crippen LogP contribution in [-0.4, -0.2) is 57.0 Å². The van der Waals surface area contributed by atoms with Gasteiger partial charge < -0.3 is 20.1 Å². The highest BCUT2D eigenvalue weighted by molar-refractivity contribution is 8.00. The summed E-state index contributed by atoms with van der Waals surface area (Å²) in [6.07, 6.45) is 0. The lowest BCUT2D eigenvalue weighted by atomic mass is 10.1. The molecule has 0 saturated carbocycles. The highest BCUT2D eigenvalue weighted by atomic mass is 32.2. The largest absolute Gasteiger partial charge is 0.462 e. The number of nitrogens with zero attached hydrogens (tertiary/aromatic N) is 3. The number of benzene rings is 2. The Balaban J connectivity index is 1.59. The van der Waals surface area contributed by atoms with E-state index in [0.29, 0.717) is 22.2 Å². The molecule has 1 atom stereocenters. The summed E-state index contributed by atoms with van der Waals surface area (Å²) in [5.74, 6) is -2.35. The SMILES string of the molecule is CCOC(=O)c1sc(NC(=O)C(C)Sc2nnc(CNC(=O)c3cccc(F)c3)n2-c2cccc(C)c2)c(C(=O)OCC)c1C. The smallest absolute Gasteiger partial charge is 0.348 e. The second-order valence-corrected chi connectivity index (χ2v) is 12.0. The van der Waals surface area contributed by atoms with Gasteiger partial charge in [0.2, 0.25) is 5.91 Å². The van der Waals surface area contributed by atoms with Gasteiger partial charge in [-0.15, -0.1) is 21.5 Å². The van der Waals surface area contributed by atoms with Gasteiger partial charge >= 0.3 is 11.9 Å². The number of ether oxygens (including phenoxy) is 2. The van der Waals surface area contributed by atoms with Crippen LogP contribution in [0.15, 0.2) is 53.7 Å². The summed E-state index contributed by atoms with van der Waals surface area (Å²) in [4.78, 5) is 51.6. The Morgan fingerprint density at radius 3 is 2.40 bits per heavy atom. The minimum Gasteiger partial charge on any atom is -0.462 e. The van der Waals surface area contributed by atoms with Crippen molar-refractivity contribution in [3.05, 3.63) is 87.3 Å². The van der Waals surface area contributed by atoms with Gasteiger partial charge in [-0.2, -0.15) is 0 Å². The molecule has 1 unspecified atom stereocenters. The van der Waals surface area contributed by atoms with Gasteiger partial charge in [-0.25, -0.2) is 14.0 Å². The molecule has 0 saturated heterocycles. The second kappa shape index (κ2) is 14.9. The lowest BCUT2D eigenvalue weighted by Gasteiger charge is -2.15. The fourth-order valence-electron chi connectivity index (χ4n) is 4.28. The predicted octanol–water partition coefficient (Wildman–Crippen LogP) is 5.49. The van der Waals surface area contributed by atoms with Gasteiger partial charge in [0, 0.05) is 11.3 Å².